The van der Waals surface area contributed by atoms with E-state index in [2.05, 4.69) is 10.3 Å². The highest BCUT2D eigenvalue weighted by Crippen LogP contribution is 2.31. The summed E-state index contributed by atoms with van der Waals surface area (Å²) >= 11 is 1.18. The highest BCUT2D eigenvalue weighted by Gasteiger charge is 2.22. The number of amides is 1. The molecule has 1 aromatic carbocycles. The van der Waals surface area contributed by atoms with Crippen LogP contribution in [0.2, 0.25) is 0 Å². The van der Waals surface area contributed by atoms with Gasteiger partial charge in [-0.25, -0.2) is 0 Å². The van der Waals surface area contributed by atoms with E-state index in [1.165, 1.54) is 11.8 Å². The summed E-state index contributed by atoms with van der Waals surface area (Å²) in [5.41, 5.74) is 1.49. The molecule has 1 saturated carbocycles. The fourth-order valence-electron chi connectivity index (χ4n) is 3.09. The van der Waals surface area contributed by atoms with Gasteiger partial charge < -0.3 is 10.4 Å². The van der Waals surface area contributed by atoms with E-state index in [9.17, 15) is 14.7 Å². The number of aromatic hydroxyl groups is 1. The first-order chi connectivity index (χ1) is 12.0. The van der Waals surface area contributed by atoms with Crippen molar-refractivity contribution in [3.63, 3.8) is 0 Å². The molecule has 0 aliphatic heterocycles. The molecule has 0 radical (unpaired) electrons. The minimum absolute atomic E-state index is 0.0996. The first kappa shape index (κ1) is 17.5. The molecule has 2 aromatic rings. The number of rotatable bonds is 5. The maximum atomic E-state index is 12.3. The fourth-order valence-corrected chi connectivity index (χ4v) is 3.96. The number of benzene rings is 1. The van der Waals surface area contributed by atoms with Gasteiger partial charge in [0.2, 0.25) is 11.8 Å². The van der Waals surface area contributed by atoms with Crippen molar-refractivity contribution in [2.45, 2.75) is 43.8 Å². The van der Waals surface area contributed by atoms with Crippen LogP contribution in [0.25, 0.3) is 0 Å². The lowest BCUT2D eigenvalue weighted by molar-refractivity contribution is -0.113. The van der Waals surface area contributed by atoms with E-state index in [0.717, 1.165) is 43.0 Å². The van der Waals surface area contributed by atoms with E-state index in [1.54, 1.807) is 4.57 Å². The number of aromatic nitrogens is 2. The van der Waals surface area contributed by atoms with Crippen LogP contribution < -0.4 is 10.9 Å². The molecular formula is C18H21N3O3S. The highest BCUT2D eigenvalue weighted by atomic mass is 32.2. The number of nitrogens with one attached hydrogen (secondary N) is 1. The molecule has 1 aliphatic rings. The number of hydrogen-bond donors (Lipinski definition) is 2. The van der Waals surface area contributed by atoms with Crippen LogP contribution in [0.15, 0.2) is 40.3 Å². The van der Waals surface area contributed by atoms with E-state index >= 15 is 0 Å². The Balaban J connectivity index is 1.73. The van der Waals surface area contributed by atoms with Crippen molar-refractivity contribution < 1.29 is 9.90 Å². The van der Waals surface area contributed by atoms with Crippen LogP contribution in [-0.4, -0.2) is 26.3 Å². The van der Waals surface area contributed by atoms with Crippen molar-refractivity contribution in [2.75, 3.05) is 11.1 Å². The first-order valence-electron chi connectivity index (χ1n) is 8.35. The quantitative estimate of drug-likeness (QED) is 0.633. The number of nitrogens with zero attached hydrogens (tertiary/aromatic N) is 2. The minimum Gasteiger partial charge on any atom is -0.493 e. The molecule has 132 valence electrons. The van der Waals surface area contributed by atoms with Gasteiger partial charge in [0.25, 0.3) is 5.56 Å². The van der Waals surface area contributed by atoms with Gasteiger partial charge in [-0.15, -0.1) is 0 Å². The maximum Gasteiger partial charge on any atom is 0.258 e. The van der Waals surface area contributed by atoms with Gasteiger partial charge in [-0.3, -0.25) is 14.2 Å². The van der Waals surface area contributed by atoms with Gasteiger partial charge >= 0.3 is 0 Å². The zero-order chi connectivity index (χ0) is 17.8. The minimum atomic E-state index is -0.305. The molecule has 1 aliphatic carbocycles. The van der Waals surface area contributed by atoms with E-state index < -0.39 is 0 Å². The summed E-state index contributed by atoms with van der Waals surface area (Å²) in [6, 6.07) is 8.79. The Labute approximate surface area is 150 Å². The molecule has 1 fully saturated rings. The van der Waals surface area contributed by atoms with Gasteiger partial charge in [-0.1, -0.05) is 42.8 Å². The molecule has 25 heavy (non-hydrogen) atoms. The molecule has 1 aromatic heterocycles. The molecule has 6 nitrogen and oxygen atoms in total. The molecule has 7 heteroatoms. The van der Waals surface area contributed by atoms with E-state index in [1.807, 2.05) is 31.2 Å². The van der Waals surface area contributed by atoms with E-state index in [0.29, 0.717) is 5.16 Å². The SMILES string of the molecule is Cc1ccccc1NC(=O)CSc1nc(O)cc(=O)n1C1CCCC1. The monoisotopic (exact) mass is 359 g/mol. The zero-order valence-electron chi connectivity index (χ0n) is 14.1. The standard InChI is InChI=1S/C18H21N3O3S/c1-12-6-2-5-9-14(12)19-16(23)11-25-18-20-15(22)10-17(24)21(18)13-7-3-4-8-13/h2,5-6,9-10,13,22H,3-4,7-8,11H2,1H3,(H,19,23). The van der Waals surface area contributed by atoms with Gasteiger partial charge in [0.1, 0.15) is 0 Å². The van der Waals surface area contributed by atoms with Crippen molar-refractivity contribution in [1.82, 2.24) is 9.55 Å². The van der Waals surface area contributed by atoms with Crippen molar-refractivity contribution in [2.24, 2.45) is 0 Å². The van der Waals surface area contributed by atoms with Crippen LogP contribution >= 0.6 is 11.8 Å². The molecule has 3 rings (SSSR count). The maximum absolute atomic E-state index is 12.3. The van der Waals surface area contributed by atoms with Crippen molar-refractivity contribution >= 4 is 23.4 Å². The number of thioether (sulfide) groups is 1. The van der Waals surface area contributed by atoms with Crippen molar-refractivity contribution in [1.29, 1.82) is 0 Å². The molecular weight excluding hydrogens is 338 g/mol. The van der Waals surface area contributed by atoms with Crippen LogP contribution in [-0.2, 0) is 4.79 Å². The predicted molar refractivity (Wildman–Crippen MR) is 98.2 cm³/mol. The fraction of sp³-hybridized carbons (Fsp3) is 0.389. The summed E-state index contributed by atoms with van der Waals surface area (Å²) in [7, 11) is 0. The third-order valence-electron chi connectivity index (χ3n) is 4.35. The number of aryl methyl sites for hydroxylation is 1. The summed E-state index contributed by atoms with van der Waals surface area (Å²) in [6.07, 6.45) is 4.01. The lowest BCUT2D eigenvalue weighted by Gasteiger charge is -2.17. The van der Waals surface area contributed by atoms with Crippen molar-refractivity contribution in [3.8, 4) is 5.88 Å². The van der Waals surface area contributed by atoms with Crippen LogP contribution in [0.3, 0.4) is 0 Å². The molecule has 0 bridgehead atoms. The number of anilines is 1. The topological polar surface area (TPSA) is 84.2 Å². The van der Waals surface area contributed by atoms with Crippen LogP contribution in [0, 0.1) is 6.92 Å². The van der Waals surface area contributed by atoms with Gasteiger partial charge in [0.15, 0.2) is 5.16 Å². The molecule has 1 heterocycles. The van der Waals surface area contributed by atoms with Crippen LogP contribution in [0.4, 0.5) is 5.69 Å². The Hall–Kier alpha value is -2.28. The second kappa shape index (κ2) is 7.74. The Morgan fingerprint density at radius 3 is 2.80 bits per heavy atom. The summed E-state index contributed by atoms with van der Waals surface area (Å²) in [5, 5.41) is 12.9. The Kier molecular flexibility index (Phi) is 5.43. The normalized spacial score (nSPS) is 14.6. The Morgan fingerprint density at radius 2 is 2.08 bits per heavy atom. The summed E-state index contributed by atoms with van der Waals surface area (Å²) in [5.74, 6) is -0.354. The van der Waals surface area contributed by atoms with Crippen LogP contribution in [0.1, 0.15) is 37.3 Å². The summed E-state index contributed by atoms with van der Waals surface area (Å²) in [6.45, 7) is 1.93. The molecule has 1 amide bonds. The average molecular weight is 359 g/mol. The highest BCUT2D eigenvalue weighted by molar-refractivity contribution is 7.99. The average Bonchev–Trinajstić information content (AvgIpc) is 3.08. The lowest BCUT2D eigenvalue weighted by Crippen LogP contribution is -2.26. The van der Waals surface area contributed by atoms with E-state index in [-0.39, 0.29) is 29.1 Å². The third-order valence-corrected chi connectivity index (χ3v) is 5.30. The molecule has 0 spiro atoms. The summed E-state index contributed by atoms with van der Waals surface area (Å²) < 4.78 is 1.62. The summed E-state index contributed by atoms with van der Waals surface area (Å²) in [4.78, 5) is 28.6. The molecule has 0 saturated heterocycles. The van der Waals surface area contributed by atoms with E-state index in [4.69, 9.17) is 0 Å². The molecule has 0 unspecified atom stereocenters. The number of hydrogen-bond acceptors (Lipinski definition) is 5. The third kappa shape index (κ3) is 4.22. The number of para-hydroxylation sites is 1. The second-order valence-corrected chi connectivity index (χ2v) is 7.14. The van der Waals surface area contributed by atoms with Gasteiger partial charge in [0, 0.05) is 11.7 Å². The largest absolute Gasteiger partial charge is 0.493 e. The van der Waals surface area contributed by atoms with Gasteiger partial charge in [-0.2, -0.15) is 4.98 Å². The Bertz CT molecular complexity index is 829. The zero-order valence-corrected chi connectivity index (χ0v) is 14.9. The number of carbonyl (C=O) groups is 1. The lowest BCUT2D eigenvalue weighted by atomic mass is 10.2. The van der Waals surface area contributed by atoms with Gasteiger partial charge in [0.05, 0.1) is 11.8 Å². The number of carbonyl (C=O) groups excluding carboxylic acids is 1. The smallest absolute Gasteiger partial charge is 0.258 e. The van der Waals surface area contributed by atoms with Crippen molar-refractivity contribution in [3.05, 3.63) is 46.2 Å². The molecule has 0 atom stereocenters. The Morgan fingerprint density at radius 1 is 1.36 bits per heavy atom. The second-order valence-electron chi connectivity index (χ2n) is 6.20. The first-order valence-corrected chi connectivity index (χ1v) is 9.34. The van der Waals surface area contributed by atoms with Gasteiger partial charge in [-0.05, 0) is 31.4 Å². The predicted octanol–water partition coefficient (Wildman–Crippen LogP) is 3.10. The van der Waals surface area contributed by atoms with Crippen LogP contribution in [0.5, 0.6) is 5.88 Å². The molecule has 2 N–H and O–H groups in total.